The molecular formula is C12H19BrN2. The van der Waals surface area contributed by atoms with Crippen LogP contribution in [0.15, 0.2) is 22.7 Å². The lowest BCUT2D eigenvalue weighted by molar-refractivity contribution is 0.739. The first-order valence-corrected chi connectivity index (χ1v) is 6.01. The fourth-order valence-corrected chi connectivity index (χ4v) is 1.83. The summed E-state index contributed by atoms with van der Waals surface area (Å²) in [5.74, 6) is 0. The van der Waals surface area contributed by atoms with Gasteiger partial charge in [-0.15, -0.1) is 0 Å². The normalized spacial score (nSPS) is 10.8. The molecule has 1 rings (SSSR count). The van der Waals surface area contributed by atoms with Crippen LogP contribution in [0.25, 0.3) is 0 Å². The molecule has 0 aromatic heterocycles. The number of halogens is 1. The zero-order chi connectivity index (χ0) is 11.4. The largest absolute Gasteiger partial charge is 0.372 e. The highest BCUT2D eigenvalue weighted by Crippen LogP contribution is 2.25. The van der Waals surface area contributed by atoms with Crippen LogP contribution in [0.5, 0.6) is 0 Å². The predicted molar refractivity (Wildman–Crippen MR) is 70.4 cm³/mol. The van der Waals surface area contributed by atoms with Crippen LogP contribution in [0.2, 0.25) is 0 Å². The molecule has 84 valence electrons. The average Bonchev–Trinajstić information content (AvgIpc) is 2.20. The molecule has 0 saturated heterocycles. The molecule has 1 N–H and O–H groups in total. The van der Waals surface area contributed by atoms with Crippen LogP contribution in [0.3, 0.4) is 0 Å². The second-order valence-electron chi connectivity index (χ2n) is 4.01. The molecule has 15 heavy (non-hydrogen) atoms. The van der Waals surface area contributed by atoms with E-state index in [1.54, 1.807) is 0 Å². The molecule has 0 aliphatic rings. The van der Waals surface area contributed by atoms with Gasteiger partial charge in [-0.1, -0.05) is 22.0 Å². The SMILES string of the molecule is CNCc1ccc(Br)cc1N(C)C(C)C. The van der Waals surface area contributed by atoms with Crippen LogP contribution in [-0.4, -0.2) is 20.1 Å². The van der Waals surface area contributed by atoms with Gasteiger partial charge in [0, 0.05) is 29.8 Å². The standard InChI is InChI=1S/C12H19BrN2/c1-9(2)15(4)12-7-11(13)6-5-10(12)8-14-3/h5-7,9,14H,8H2,1-4H3. The van der Waals surface area contributed by atoms with Gasteiger partial charge in [0.2, 0.25) is 0 Å². The van der Waals surface area contributed by atoms with Crippen molar-refractivity contribution < 1.29 is 0 Å². The Bertz CT molecular complexity index is 323. The summed E-state index contributed by atoms with van der Waals surface area (Å²) in [5.41, 5.74) is 2.62. The smallest absolute Gasteiger partial charge is 0.0422 e. The summed E-state index contributed by atoms with van der Waals surface area (Å²) in [7, 11) is 4.10. The molecule has 0 aliphatic carbocycles. The van der Waals surface area contributed by atoms with E-state index in [9.17, 15) is 0 Å². The first kappa shape index (κ1) is 12.5. The minimum absolute atomic E-state index is 0.509. The van der Waals surface area contributed by atoms with E-state index < -0.39 is 0 Å². The summed E-state index contributed by atoms with van der Waals surface area (Å²) >= 11 is 3.52. The summed E-state index contributed by atoms with van der Waals surface area (Å²) in [6.45, 7) is 5.30. The van der Waals surface area contributed by atoms with Crippen LogP contribution in [-0.2, 0) is 6.54 Å². The van der Waals surface area contributed by atoms with E-state index in [2.05, 4.69) is 65.2 Å². The maximum Gasteiger partial charge on any atom is 0.0422 e. The molecule has 0 aliphatic heterocycles. The highest BCUT2D eigenvalue weighted by Gasteiger charge is 2.10. The summed E-state index contributed by atoms with van der Waals surface area (Å²) in [5, 5.41) is 3.20. The number of hydrogen-bond donors (Lipinski definition) is 1. The maximum atomic E-state index is 3.52. The molecule has 0 atom stereocenters. The molecular weight excluding hydrogens is 252 g/mol. The van der Waals surface area contributed by atoms with E-state index in [-0.39, 0.29) is 0 Å². The summed E-state index contributed by atoms with van der Waals surface area (Å²) in [4.78, 5) is 2.29. The molecule has 0 radical (unpaired) electrons. The fourth-order valence-electron chi connectivity index (χ4n) is 1.48. The van der Waals surface area contributed by atoms with Gasteiger partial charge in [0.25, 0.3) is 0 Å². The predicted octanol–water partition coefficient (Wildman–Crippen LogP) is 3.01. The number of nitrogens with one attached hydrogen (secondary N) is 1. The number of nitrogens with zero attached hydrogens (tertiary/aromatic N) is 1. The van der Waals surface area contributed by atoms with Crippen molar-refractivity contribution in [3.63, 3.8) is 0 Å². The van der Waals surface area contributed by atoms with Crippen molar-refractivity contribution in [3.05, 3.63) is 28.2 Å². The van der Waals surface area contributed by atoms with Gasteiger partial charge in [0.1, 0.15) is 0 Å². The van der Waals surface area contributed by atoms with Gasteiger partial charge in [0.15, 0.2) is 0 Å². The zero-order valence-electron chi connectivity index (χ0n) is 9.84. The quantitative estimate of drug-likeness (QED) is 0.905. The first-order valence-electron chi connectivity index (χ1n) is 5.22. The number of rotatable bonds is 4. The van der Waals surface area contributed by atoms with E-state index in [0.29, 0.717) is 6.04 Å². The Balaban J connectivity index is 3.06. The van der Waals surface area contributed by atoms with Gasteiger partial charge in [-0.25, -0.2) is 0 Å². The molecule has 0 heterocycles. The lowest BCUT2D eigenvalue weighted by Crippen LogP contribution is -2.27. The maximum absolute atomic E-state index is 3.52. The Morgan fingerprint density at radius 2 is 2.07 bits per heavy atom. The van der Waals surface area contributed by atoms with Crippen molar-refractivity contribution in [1.82, 2.24) is 5.32 Å². The van der Waals surface area contributed by atoms with Gasteiger partial charge < -0.3 is 10.2 Å². The first-order chi connectivity index (χ1) is 7.06. The number of hydrogen-bond acceptors (Lipinski definition) is 2. The molecule has 0 saturated carbocycles. The Hall–Kier alpha value is -0.540. The third-order valence-corrected chi connectivity index (χ3v) is 3.06. The molecule has 0 bridgehead atoms. The van der Waals surface area contributed by atoms with Gasteiger partial charge in [-0.3, -0.25) is 0 Å². The van der Waals surface area contributed by atoms with Crippen molar-refractivity contribution in [2.24, 2.45) is 0 Å². The highest BCUT2D eigenvalue weighted by molar-refractivity contribution is 9.10. The van der Waals surface area contributed by atoms with E-state index in [1.165, 1.54) is 11.3 Å². The second-order valence-corrected chi connectivity index (χ2v) is 4.92. The third kappa shape index (κ3) is 3.21. The summed E-state index contributed by atoms with van der Waals surface area (Å²) in [6, 6.07) is 6.93. The van der Waals surface area contributed by atoms with E-state index in [1.807, 2.05) is 7.05 Å². The lowest BCUT2D eigenvalue weighted by atomic mass is 10.1. The van der Waals surface area contributed by atoms with Crippen LogP contribution >= 0.6 is 15.9 Å². The molecule has 2 nitrogen and oxygen atoms in total. The van der Waals surface area contributed by atoms with Crippen LogP contribution in [0.4, 0.5) is 5.69 Å². The van der Waals surface area contributed by atoms with Gasteiger partial charge in [-0.2, -0.15) is 0 Å². The molecule has 0 unspecified atom stereocenters. The van der Waals surface area contributed by atoms with Crippen molar-refractivity contribution in [1.29, 1.82) is 0 Å². The Labute approximate surface area is 101 Å². The minimum atomic E-state index is 0.509. The van der Waals surface area contributed by atoms with Gasteiger partial charge >= 0.3 is 0 Å². The molecule has 0 fully saturated rings. The Morgan fingerprint density at radius 3 is 2.60 bits per heavy atom. The molecule has 3 heteroatoms. The number of benzene rings is 1. The minimum Gasteiger partial charge on any atom is -0.372 e. The third-order valence-electron chi connectivity index (χ3n) is 2.57. The highest BCUT2D eigenvalue weighted by atomic mass is 79.9. The molecule has 0 spiro atoms. The fraction of sp³-hybridized carbons (Fsp3) is 0.500. The van der Waals surface area contributed by atoms with E-state index in [0.717, 1.165) is 11.0 Å². The Morgan fingerprint density at radius 1 is 1.40 bits per heavy atom. The van der Waals surface area contributed by atoms with Crippen LogP contribution < -0.4 is 10.2 Å². The van der Waals surface area contributed by atoms with Crippen molar-refractivity contribution in [2.45, 2.75) is 26.4 Å². The molecule has 1 aromatic rings. The Kier molecular flexibility index (Phi) is 4.61. The zero-order valence-corrected chi connectivity index (χ0v) is 11.4. The van der Waals surface area contributed by atoms with Crippen molar-refractivity contribution >= 4 is 21.6 Å². The summed E-state index contributed by atoms with van der Waals surface area (Å²) in [6.07, 6.45) is 0. The summed E-state index contributed by atoms with van der Waals surface area (Å²) < 4.78 is 1.13. The van der Waals surface area contributed by atoms with Crippen LogP contribution in [0, 0.1) is 0 Å². The lowest BCUT2D eigenvalue weighted by Gasteiger charge is -2.26. The monoisotopic (exact) mass is 270 g/mol. The van der Waals surface area contributed by atoms with Crippen LogP contribution in [0.1, 0.15) is 19.4 Å². The molecule has 1 aromatic carbocycles. The van der Waals surface area contributed by atoms with Crippen molar-refractivity contribution in [3.8, 4) is 0 Å². The van der Waals surface area contributed by atoms with E-state index >= 15 is 0 Å². The van der Waals surface area contributed by atoms with E-state index in [4.69, 9.17) is 0 Å². The molecule has 0 amide bonds. The number of anilines is 1. The van der Waals surface area contributed by atoms with Gasteiger partial charge in [0.05, 0.1) is 0 Å². The topological polar surface area (TPSA) is 15.3 Å². The average molecular weight is 271 g/mol. The van der Waals surface area contributed by atoms with Crippen molar-refractivity contribution in [2.75, 3.05) is 19.0 Å². The second kappa shape index (κ2) is 5.52. The van der Waals surface area contributed by atoms with Gasteiger partial charge in [-0.05, 0) is 38.6 Å².